The van der Waals surface area contributed by atoms with Crippen LogP contribution in [0, 0.1) is 0 Å². The van der Waals surface area contributed by atoms with Gasteiger partial charge in [0.2, 0.25) is 0 Å². The van der Waals surface area contributed by atoms with E-state index in [-0.39, 0.29) is 0 Å². The van der Waals surface area contributed by atoms with Gasteiger partial charge in [0.15, 0.2) is 0 Å². The minimum atomic E-state index is -5.08. The van der Waals surface area contributed by atoms with Crippen LogP contribution in [0.15, 0.2) is 48.9 Å². The molecule has 2 saturated heterocycles. The number of hydrogen-bond donors (Lipinski definition) is 4. The van der Waals surface area contributed by atoms with Gasteiger partial charge in [-0.15, -0.1) is 0 Å². The molecule has 0 radical (unpaired) electrons. The normalized spacial score (nSPS) is 17.9. The van der Waals surface area contributed by atoms with Crippen molar-refractivity contribution in [1.82, 2.24) is 19.8 Å². The molecule has 2 aromatic rings. The zero-order valence-corrected chi connectivity index (χ0v) is 26.6. The van der Waals surface area contributed by atoms with Crippen molar-refractivity contribution in [3.8, 4) is 0 Å². The Bertz CT molecular complexity index is 1310. The van der Waals surface area contributed by atoms with Gasteiger partial charge in [-0.2, -0.15) is 52.7 Å². The standard InChI is InChI=1S/C20H26N4O.4C2HF3O2/c1-2-8-22-18(5-1)16-24-9-6-19(23-10-12-25-13-11-23)20(24)14-17-4-3-7-21-15-17;4*3-2(4,5)1(6)7/h1-5,7-8,15,19-20H,6,9-14,16H2;4*(H,6,7)/t19-,20+;;;;/m1..../s1. The number of alkyl halides is 12. The van der Waals surface area contributed by atoms with Crippen LogP contribution < -0.4 is 0 Å². The number of hydrogen-bond acceptors (Lipinski definition) is 9. The maximum atomic E-state index is 10.6. The van der Waals surface area contributed by atoms with Crippen molar-refractivity contribution in [3.05, 3.63) is 60.2 Å². The number of aromatic nitrogens is 2. The van der Waals surface area contributed by atoms with Gasteiger partial charge in [0.05, 0.1) is 18.9 Å². The van der Waals surface area contributed by atoms with E-state index in [0.29, 0.717) is 12.1 Å². The molecule has 0 spiro atoms. The molecule has 53 heavy (non-hydrogen) atoms. The minimum Gasteiger partial charge on any atom is -0.475 e. The zero-order valence-electron chi connectivity index (χ0n) is 26.6. The van der Waals surface area contributed by atoms with Crippen LogP contribution in [0.4, 0.5) is 52.7 Å². The molecule has 2 aliphatic rings. The average molecular weight is 795 g/mol. The van der Waals surface area contributed by atoms with Crippen LogP contribution in [0.1, 0.15) is 17.7 Å². The largest absolute Gasteiger partial charge is 0.490 e. The Labute approximate surface area is 290 Å². The van der Waals surface area contributed by atoms with Crippen LogP contribution in [0.3, 0.4) is 0 Å². The lowest BCUT2D eigenvalue weighted by atomic mass is 9.99. The molecule has 0 aliphatic carbocycles. The lowest BCUT2D eigenvalue weighted by Gasteiger charge is -2.37. The van der Waals surface area contributed by atoms with Gasteiger partial charge in [-0.1, -0.05) is 12.1 Å². The van der Waals surface area contributed by atoms with E-state index in [1.807, 2.05) is 30.7 Å². The Balaban J connectivity index is 0.000000791. The molecule has 2 fully saturated rings. The highest BCUT2D eigenvalue weighted by molar-refractivity contribution is 5.74. The van der Waals surface area contributed by atoms with E-state index >= 15 is 0 Å². The number of likely N-dealkylation sites (tertiary alicyclic amines) is 1. The highest BCUT2D eigenvalue weighted by Gasteiger charge is 2.41. The first-order valence-electron chi connectivity index (χ1n) is 14.2. The number of rotatable bonds is 5. The molecular formula is C28H30F12N4O9. The molecule has 0 bridgehead atoms. The van der Waals surface area contributed by atoms with Gasteiger partial charge in [-0.05, 0) is 36.6 Å². The van der Waals surface area contributed by atoms with Gasteiger partial charge >= 0.3 is 48.6 Å². The quantitative estimate of drug-likeness (QED) is 0.309. The summed E-state index contributed by atoms with van der Waals surface area (Å²) in [6, 6.07) is 11.5. The van der Waals surface area contributed by atoms with Gasteiger partial charge in [-0.3, -0.25) is 19.8 Å². The molecular weight excluding hydrogens is 764 g/mol. The van der Waals surface area contributed by atoms with Crippen LogP contribution in [-0.4, -0.2) is 134 Å². The molecule has 4 rings (SSSR count). The van der Waals surface area contributed by atoms with Crippen LogP contribution >= 0.6 is 0 Å². The van der Waals surface area contributed by atoms with Crippen molar-refractivity contribution in [2.75, 3.05) is 32.8 Å². The van der Waals surface area contributed by atoms with Crippen LogP contribution in [0.25, 0.3) is 0 Å². The van der Waals surface area contributed by atoms with E-state index in [1.165, 1.54) is 12.0 Å². The summed E-state index contributed by atoms with van der Waals surface area (Å²) in [6.45, 7) is 5.86. The fourth-order valence-electron chi connectivity index (χ4n) is 4.16. The summed E-state index contributed by atoms with van der Waals surface area (Å²) in [5.41, 5.74) is 2.47. The molecule has 300 valence electrons. The smallest absolute Gasteiger partial charge is 0.475 e. The second-order valence-electron chi connectivity index (χ2n) is 10.1. The number of pyridine rings is 2. The second kappa shape index (κ2) is 21.7. The van der Waals surface area contributed by atoms with Crippen LogP contribution in [0.5, 0.6) is 0 Å². The van der Waals surface area contributed by atoms with Gasteiger partial charge in [0.25, 0.3) is 0 Å². The first kappa shape index (κ1) is 48.2. The molecule has 4 N–H and O–H groups in total. The topological polar surface area (TPSA) is 191 Å². The molecule has 4 heterocycles. The fourth-order valence-corrected chi connectivity index (χ4v) is 4.16. The van der Waals surface area contributed by atoms with Crippen LogP contribution in [0.2, 0.25) is 0 Å². The predicted octanol–water partition coefficient (Wildman–Crippen LogP) is 4.53. The van der Waals surface area contributed by atoms with Gasteiger partial charge in [-0.25, -0.2) is 19.2 Å². The Hall–Kier alpha value is -4.78. The molecule has 0 amide bonds. The summed E-state index contributed by atoms with van der Waals surface area (Å²) in [5, 5.41) is 28.5. The maximum Gasteiger partial charge on any atom is 0.490 e. The third-order valence-corrected chi connectivity index (χ3v) is 6.37. The third-order valence-electron chi connectivity index (χ3n) is 6.37. The number of carbonyl (C=O) groups is 4. The molecule has 25 heteroatoms. The van der Waals surface area contributed by atoms with Crippen molar-refractivity contribution in [2.45, 2.75) is 56.2 Å². The average Bonchev–Trinajstić information content (AvgIpc) is 3.43. The van der Waals surface area contributed by atoms with Crippen molar-refractivity contribution in [3.63, 3.8) is 0 Å². The molecule has 13 nitrogen and oxygen atoms in total. The number of nitrogens with zero attached hydrogens (tertiary/aromatic N) is 4. The Kier molecular flexibility index (Phi) is 19.7. The third kappa shape index (κ3) is 20.7. The summed E-state index contributed by atoms with van der Waals surface area (Å²) >= 11 is 0. The second-order valence-corrected chi connectivity index (χ2v) is 10.1. The minimum absolute atomic E-state index is 0.504. The Morgan fingerprint density at radius 1 is 0.679 bits per heavy atom. The molecule has 2 aromatic heterocycles. The van der Waals surface area contributed by atoms with Crippen molar-refractivity contribution >= 4 is 23.9 Å². The van der Waals surface area contributed by atoms with Crippen LogP contribution in [-0.2, 0) is 36.9 Å². The predicted molar refractivity (Wildman–Crippen MR) is 152 cm³/mol. The van der Waals surface area contributed by atoms with Gasteiger partial charge in [0.1, 0.15) is 0 Å². The van der Waals surface area contributed by atoms with E-state index in [2.05, 4.69) is 38.0 Å². The maximum absolute atomic E-state index is 10.6. The summed E-state index contributed by atoms with van der Waals surface area (Å²) < 4.78 is 133. The number of carboxylic acid groups (broad SMARTS) is 4. The number of ether oxygens (including phenoxy) is 1. The molecule has 0 aromatic carbocycles. The fraction of sp³-hybridized carbons (Fsp3) is 0.500. The lowest BCUT2D eigenvalue weighted by Crippen LogP contribution is -2.50. The van der Waals surface area contributed by atoms with E-state index < -0.39 is 48.6 Å². The number of aliphatic carboxylic acids is 4. The summed E-state index contributed by atoms with van der Waals surface area (Å²) in [4.78, 5) is 49.7. The van der Waals surface area contributed by atoms with Gasteiger partial charge < -0.3 is 25.2 Å². The SMILES string of the molecule is O=C(O)C(F)(F)F.O=C(O)C(F)(F)F.O=C(O)C(F)(F)F.O=C(O)C(F)(F)F.c1ccc(CN2CC[C@@H](N3CCOCC3)[C@@H]2Cc2cccnc2)nc1. The molecule has 0 unspecified atom stereocenters. The summed E-state index contributed by atoms with van der Waals surface area (Å²) in [5.74, 6) is -11.0. The molecule has 2 aliphatic heterocycles. The van der Waals surface area contributed by atoms with E-state index in [9.17, 15) is 52.7 Å². The van der Waals surface area contributed by atoms with Crippen molar-refractivity contribution in [2.24, 2.45) is 0 Å². The first-order valence-corrected chi connectivity index (χ1v) is 14.2. The summed E-state index contributed by atoms with van der Waals surface area (Å²) in [6.07, 6.45) is -12.3. The van der Waals surface area contributed by atoms with E-state index in [0.717, 1.165) is 51.5 Å². The lowest BCUT2D eigenvalue weighted by molar-refractivity contribution is -0.193. The Morgan fingerprint density at radius 2 is 1.13 bits per heavy atom. The highest BCUT2D eigenvalue weighted by atomic mass is 19.4. The van der Waals surface area contributed by atoms with E-state index in [4.69, 9.17) is 44.3 Å². The number of halogens is 12. The zero-order chi connectivity index (χ0) is 41.2. The monoisotopic (exact) mass is 794 g/mol. The highest BCUT2D eigenvalue weighted by Crippen LogP contribution is 2.28. The van der Waals surface area contributed by atoms with E-state index in [1.54, 1.807) is 0 Å². The first-order chi connectivity index (χ1) is 24.2. The molecule has 2 atom stereocenters. The summed E-state index contributed by atoms with van der Waals surface area (Å²) in [7, 11) is 0. The van der Waals surface area contributed by atoms with Gasteiger partial charge in [0, 0.05) is 56.9 Å². The van der Waals surface area contributed by atoms with Crippen molar-refractivity contribution in [1.29, 1.82) is 0 Å². The number of morpholine rings is 1. The number of carboxylic acids is 4. The Morgan fingerprint density at radius 3 is 1.49 bits per heavy atom. The van der Waals surface area contributed by atoms with Crippen molar-refractivity contribution < 1.29 is 97.0 Å². The molecule has 0 saturated carbocycles.